The van der Waals surface area contributed by atoms with Gasteiger partial charge in [0.05, 0.1) is 0 Å². The Balaban J connectivity index is 1.48. The van der Waals surface area contributed by atoms with Gasteiger partial charge in [-0.3, -0.25) is 4.79 Å². The highest BCUT2D eigenvalue weighted by molar-refractivity contribution is 6.30. The Kier molecular flexibility index (Phi) is 5.01. The first-order valence-corrected chi connectivity index (χ1v) is 8.20. The molecule has 0 unspecified atom stereocenters. The molecule has 2 aromatic carbocycles. The molecule has 1 heterocycles. The zero-order valence-electron chi connectivity index (χ0n) is 13.1. The van der Waals surface area contributed by atoms with Gasteiger partial charge in [-0.1, -0.05) is 23.7 Å². The highest BCUT2D eigenvalue weighted by Crippen LogP contribution is 2.23. The molecule has 24 heavy (non-hydrogen) atoms. The molecule has 0 bridgehead atoms. The number of anilines is 2. The molecule has 3 rings (SSSR count). The molecular formula is C18H18ClN3O2. The van der Waals surface area contributed by atoms with Gasteiger partial charge in [0.2, 0.25) is 5.91 Å². The van der Waals surface area contributed by atoms with E-state index < -0.39 is 0 Å². The third kappa shape index (κ3) is 4.26. The summed E-state index contributed by atoms with van der Waals surface area (Å²) in [7, 11) is 0. The Labute approximate surface area is 145 Å². The number of carbonyl (C=O) groups excluding carboxylic acids is 2. The lowest BCUT2D eigenvalue weighted by molar-refractivity contribution is -0.116. The maximum Gasteiger partial charge on any atom is 0.319 e. The average Bonchev–Trinajstić information content (AvgIpc) is 2.57. The van der Waals surface area contributed by atoms with Crippen LogP contribution in [-0.2, 0) is 17.6 Å². The van der Waals surface area contributed by atoms with Crippen molar-refractivity contribution >= 4 is 34.9 Å². The molecule has 0 aromatic heterocycles. The van der Waals surface area contributed by atoms with Gasteiger partial charge in [-0.15, -0.1) is 0 Å². The van der Waals surface area contributed by atoms with E-state index >= 15 is 0 Å². The van der Waals surface area contributed by atoms with Crippen molar-refractivity contribution < 1.29 is 9.59 Å². The zero-order chi connectivity index (χ0) is 16.9. The molecule has 5 nitrogen and oxygen atoms in total. The van der Waals surface area contributed by atoms with Crippen LogP contribution in [0.25, 0.3) is 0 Å². The third-order valence-electron chi connectivity index (χ3n) is 3.87. The quantitative estimate of drug-likeness (QED) is 0.794. The van der Waals surface area contributed by atoms with Gasteiger partial charge in [-0.2, -0.15) is 0 Å². The molecular weight excluding hydrogens is 326 g/mol. The molecule has 0 saturated heterocycles. The van der Waals surface area contributed by atoms with Gasteiger partial charge in [0.25, 0.3) is 0 Å². The van der Waals surface area contributed by atoms with Crippen molar-refractivity contribution in [3.05, 3.63) is 58.6 Å². The first-order chi connectivity index (χ1) is 11.6. The summed E-state index contributed by atoms with van der Waals surface area (Å²) in [6.45, 7) is 0.532. The highest BCUT2D eigenvalue weighted by Gasteiger charge is 2.14. The van der Waals surface area contributed by atoms with Crippen LogP contribution in [0.5, 0.6) is 0 Å². The van der Waals surface area contributed by atoms with Crippen molar-refractivity contribution in [2.75, 3.05) is 17.2 Å². The number of hydrogen-bond donors (Lipinski definition) is 3. The van der Waals surface area contributed by atoms with E-state index in [-0.39, 0.29) is 11.9 Å². The van der Waals surface area contributed by atoms with Gasteiger partial charge >= 0.3 is 6.03 Å². The van der Waals surface area contributed by atoms with Gasteiger partial charge in [-0.25, -0.2) is 4.79 Å². The minimum Gasteiger partial charge on any atom is -0.338 e. The van der Waals surface area contributed by atoms with Crippen LogP contribution in [0.15, 0.2) is 42.5 Å². The van der Waals surface area contributed by atoms with Crippen LogP contribution < -0.4 is 16.0 Å². The number of carbonyl (C=O) groups is 2. The number of fused-ring (bicyclic) bond motifs is 1. The summed E-state index contributed by atoms with van der Waals surface area (Å²) in [5.41, 5.74) is 3.87. The molecule has 6 heteroatoms. The van der Waals surface area contributed by atoms with E-state index in [0.29, 0.717) is 23.7 Å². The van der Waals surface area contributed by atoms with Crippen molar-refractivity contribution in [3.8, 4) is 0 Å². The van der Waals surface area contributed by atoms with Gasteiger partial charge in [-0.05, 0) is 54.3 Å². The zero-order valence-corrected chi connectivity index (χ0v) is 13.8. The fourth-order valence-corrected chi connectivity index (χ4v) is 2.75. The first-order valence-electron chi connectivity index (χ1n) is 7.82. The predicted octanol–water partition coefficient (Wildman–Crippen LogP) is 3.59. The summed E-state index contributed by atoms with van der Waals surface area (Å²) >= 11 is 5.81. The summed E-state index contributed by atoms with van der Waals surface area (Å²) in [6, 6.07) is 12.7. The molecule has 2 aromatic rings. The summed E-state index contributed by atoms with van der Waals surface area (Å²) in [6.07, 6.45) is 2.02. The Morgan fingerprint density at radius 1 is 1.12 bits per heavy atom. The lowest BCUT2D eigenvalue weighted by atomic mass is 9.99. The maximum absolute atomic E-state index is 11.9. The van der Waals surface area contributed by atoms with E-state index in [1.54, 1.807) is 24.3 Å². The molecule has 1 aliphatic rings. The van der Waals surface area contributed by atoms with Crippen LogP contribution in [0.3, 0.4) is 0 Å². The van der Waals surface area contributed by atoms with Crippen LogP contribution in [0, 0.1) is 0 Å². The Bertz CT molecular complexity index is 759. The predicted molar refractivity (Wildman–Crippen MR) is 95.6 cm³/mol. The molecule has 0 spiro atoms. The molecule has 124 valence electrons. The Morgan fingerprint density at radius 2 is 1.92 bits per heavy atom. The van der Waals surface area contributed by atoms with E-state index in [1.807, 2.05) is 12.1 Å². The van der Waals surface area contributed by atoms with Crippen LogP contribution in [0.2, 0.25) is 5.02 Å². The van der Waals surface area contributed by atoms with E-state index in [4.69, 9.17) is 11.6 Å². The van der Waals surface area contributed by atoms with Crippen LogP contribution >= 0.6 is 11.6 Å². The second-order valence-corrected chi connectivity index (χ2v) is 6.11. The van der Waals surface area contributed by atoms with E-state index in [0.717, 1.165) is 29.7 Å². The van der Waals surface area contributed by atoms with Gasteiger partial charge in [0, 0.05) is 29.4 Å². The topological polar surface area (TPSA) is 70.2 Å². The molecule has 0 radical (unpaired) electrons. The fourth-order valence-electron chi connectivity index (χ4n) is 2.62. The molecule has 0 atom stereocenters. The monoisotopic (exact) mass is 343 g/mol. The standard InChI is InChI=1S/C18H18ClN3O2/c19-14-3-5-15(6-4-14)21-18(24)20-10-9-12-1-7-16-13(11-12)2-8-17(23)22-16/h1,3-7,11H,2,8-10H2,(H,22,23)(H2,20,21,24). The minimum absolute atomic E-state index is 0.0655. The summed E-state index contributed by atoms with van der Waals surface area (Å²) in [5, 5.41) is 9.08. The molecule has 0 aliphatic carbocycles. The summed E-state index contributed by atoms with van der Waals surface area (Å²) in [4.78, 5) is 23.2. The van der Waals surface area contributed by atoms with Crippen molar-refractivity contribution in [1.29, 1.82) is 0 Å². The van der Waals surface area contributed by atoms with Gasteiger partial charge in [0.15, 0.2) is 0 Å². The maximum atomic E-state index is 11.9. The number of rotatable bonds is 4. The normalized spacial score (nSPS) is 13.0. The molecule has 1 aliphatic heterocycles. The Morgan fingerprint density at radius 3 is 2.71 bits per heavy atom. The fraction of sp³-hybridized carbons (Fsp3) is 0.222. The minimum atomic E-state index is -0.248. The number of halogens is 1. The number of aryl methyl sites for hydroxylation is 1. The van der Waals surface area contributed by atoms with Crippen molar-refractivity contribution in [2.24, 2.45) is 0 Å². The molecule has 3 amide bonds. The van der Waals surface area contributed by atoms with Gasteiger partial charge < -0.3 is 16.0 Å². The highest BCUT2D eigenvalue weighted by atomic mass is 35.5. The van der Waals surface area contributed by atoms with E-state index in [1.165, 1.54) is 0 Å². The lowest BCUT2D eigenvalue weighted by Gasteiger charge is -2.17. The number of amides is 3. The Hall–Kier alpha value is -2.53. The number of nitrogens with one attached hydrogen (secondary N) is 3. The second kappa shape index (κ2) is 7.36. The van der Waals surface area contributed by atoms with Crippen molar-refractivity contribution in [1.82, 2.24) is 5.32 Å². The van der Waals surface area contributed by atoms with Crippen LogP contribution in [-0.4, -0.2) is 18.5 Å². The molecule has 3 N–H and O–H groups in total. The van der Waals surface area contributed by atoms with Crippen molar-refractivity contribution in [3.63, 3.8) is 0 Å². The smallest absolute Gasteiger partial charge is 0.319 e. The lowest BCUT2D eigenvalue weighted by Crippen LogP contribution is -2.30. The average molecular weight is 344 g/mol. The van der Waals surface area contributed by atoms with Crippen LogP contribution in [0.1, 0.15) is 17.5 Å². The number of benzene rings is 2. The third-order valence-corrected chi connectivity index (χ3v) is 4.12. The largest absolute Gasteiger partial charge is 0.338 e. The molecule has 0 saturated carbocycles. The van der Waals surface area contributed by atoms with Crippen LogP contribution in [0.4, 0.5) is 16.2 Å². The number of urea groups is 1. The summed E-state index contributed by atoms with van der Waals surface area (Å²) in [5.74, 6) is 0.0655. The summed E-state index contributed by atoms with van der Waals surface area (Å²) < 4.78 is 0. The van der Waals surface area contributed by atoms with Crippen molar-refractivity contribution in [2.45, 2.75) is 19.3 Å². The molecule has 0 fully saturated rings. The SMILES string of the molecule is O=C1CCc2cc(CCNC(=O)Nc3ccc(Cl)cc3)ccc2N1. The van der Waals surface area contributed by atoms with Gasteiger partial charge in [0.1, 0.15) is 0 Å². The first kappa shape index (κ1) is 16.3. The second-order valence-electron chi connectivity index (χ2n) is 5.68. The van der Waals surface area contributed by atoms with E-state index in [9.17, 15) is 9.59 Å². The number of hydrogen-bond acceptors (Lipinski definition) is 2. The van der Waals surface area contributed by atoms with E-state index in [2.05, 4.69) is 22.0 Å².